The van der Waals surface area contributed by atoms with Crippen LogP contribution in [0.3, 0.4) is 0 Å². The molecule has 268 valence electrons. The molecular formula is C43H55ClN2O3S. The molecule has 5 rings (SSSR count). The van der Waals surface area contributed by atoms with E-state index in [1.54, 1.807) is 0 Å². The average Bonchev–Trinajstić information content (AvgIpc) is 3.76. The van der Waals surface area contributed by atoms with Crippen molar-refractivity contribution < 1.29 is 15.0 Å². The van der Waals surface area contributed by atoms with E-state index in [1.165, 1.54) is 5.56 Å². The van der Waals surface area contributed by atoms with Crippen molar-refractivity contribution in [3.8, 4) is 0 Å². The summed E-state index contributed by atoms with van der Waals surface area (Å²) in [5.74, 6) is 0.122. The summed E-state index contributed by atoms with van der Waals surface area (Å²) in [6, 6.07) is 26.5. The van der Waals surface area contributed by atoms with Gasteiger partial charge in [-0.25, -0.2) is 4.98 Å². The lowest BCUT2D eigenvalue weighted by molar-refractivity contribution is -0.138. The van der Waals surface area contributed by atoms with Crippen LogP contribution in [0, 0.1) is 10.8 Å². The molecule has 0 spiro atoms. The van der Waals surface area contributed by atoms with E-state index in [9.17, 15) is 15.0 Å². The molecule has 1 heterocycles. The number of carbonyl (C=O) groups is 1. The van der Waals surface area contributed by atoms with E-state index in [0.717, 1.165) is 71.1 Å². The van der Waals surface area contributed by atoms with E-state index in [2.05, 4.69) is 77.1 Å². The number of rotatable bonds is 13. The van der Waals surface area contributed by atoms with E-state index >= 15 is 0 Å². The standard InChI is InChI=1S/C35H36ClNO3S.C8H19N/c1-34(2,40)30-9-4-3-7-25(30)13-17-32(41-23-35(18-19-35)22-33(38)39)27-8-5-6-24(20-27)10-15-29-16-12-26-11-14-28(36)21-31(26)37-29;1-7(2,3)6-8(4,5)9/h3-12,14-16,20-21,32,40H,13,17-19,22-23H2,1-2H3,(H,38,39);6,9H2,1-5H3/t32-;/m1./s1. The van der Waals surface area contributed by atoms with Crippen molar-refractivity contribution in [1.29, 1.82) is 0 Å². The Labute approximate surface area is 308 Å². The van der Waals surface area contributed by atoms with Crippen molar-refractivity contribution in [2.45, 2.75) is 103 Å². The van der Waals surface area contributed by atoms with E-state index in [0.29, 0.717) is 10.4 Å². The van der Waals surface area contributed by atoms with Gasteiger partial charge >= 0.3 is 5.97 Å². The van der Waals surface area contributed by atoms with Gasteiger partial charge in [0, 0.05) is 27.0 Å². The van der Waals surface area contributed by atoms with Gasteiger partial charge in [0.1, 0.15) is 0 Å². The van der Waals surface area contributed by atoms with Crippen molar-refractivity contribution in [3.05, 3.63) is 112 Å². The minimum absolute atomic E-state index is 0.0156. The van der Waals surface area contributed by atoms with E-state index in [4.69, 9.17) is 22.3 Å². The molecule has 7 heteroatoms. The minimum atomic E-state index is -0.911. The number of benzene rings is 3. The topological polar surface area (TPSA) is 96.4 Å². The van der Waals surface area contributed by atoms with E-state index < -0.39 is 11.6 Å². The maximum absolute atomic E-state index is 11.5. The number of carboxylic acids is 1. The predicted molar refractivity (Wildman–Crippen MR) is 214 cm³/mol. The highest BCUT2D eigenvalue weighted by Gasteiger charge is 2.44. The number of fused-ring (bicyclic) bond motifs is 1. The van der Waals surface area contributed by atoms with Crippen LogP contribution in [-0.4, -0.2) is 32.5 Å². The molecule has 1 aromatic heterocycles. The Kier molecular flexibility index (Phi) is 13.0. The van der Waals surface area contributed by atoms with Crippen LogP contribution in [0.1, 0.15) is 114 Å². The van der Waals surface area contributed by atoms with Crippen LogP contribution in [0.25, 0.3) is 23.1 Å². The molecule has 3 aromatic carbocycles. The Bertz CT molecular complexity index is 1770. The summed E-state index contributed by atoms with van der Waals surface area (Å²) in [4.78, 5) is 16.2. The van der Waals surface area contributed by atoms with Crippen LogP contribution in [0.2, 0.25) is 5.02 Å². The fraction of sp³-hybridized carbons (Fsp3) is 0.442. The molecule has 1 aliphatic carbocycles. The maximum atomic E-state index is 11.5. The molecule has 0 amide bonds. The predicted octanol–water partition coefficient (Wildman–Crippen LogP) is 11.1. The smallest absolute Gasteiger partial charge is 0.303 e. The third-order valence-corrected chi connectivity index (χ3v) is 10.7. The van der Waals surface area contributed by atoms with Crippen molar-refractivity contribution in [3.63, 3.8) is 0 Å². The number of carboxylic acid groups (broad SMARTS) is 1. The summed E-state index contributed by atoms with van der Waals surface area (Å²) in [6.45, 7) is 14.4. The first-order valence-corrected chi connectivity index (χ1v) is 19.0. The number of hydrogen-bond donors (Lipinski definition) is 3. The Morgan fingerprint density at radius 2 is 1.66 bits per heavy atom. The minimum Gasteiger partial charge on any atom is -0.481 e. The Morgan fingerprint density at radius 3 is 2.28 bits per heavy atom. The zero-order valence-electron chi connectivity index (χ0n) is 30.8. The molecule has 1 atom stereocenters. The van der Waals surface area contributed by atoms with Crippen LogP contribution in [0.15, 0.2) is 78.9 Å². The lowest BCUT2D eigenvalue weighted by Gasteiger charge is -2.28. The summed E-state index contributed by atoms with van der Waals surface area (Å²) in [5, 5.41) is 22.1. The third kappa shape index (κ3) is 12.9. The molecule has 1 saturated carbocycles. The number of pyridine rings is 1. The number of aryl methyl sites for hydroxylation is 1. The van der Waals surface area contributed by atoms with Crippen LogP contribution in [-0.2, 0) is 16.8 Å². The molecule has 0 saturated heterocycles. The van der Waals surface area contributed by atoms with Gasteiger partial charge in [-0.15, -0.1) is 0 Å². The van der Waals surface area contributed by atoms with Crippen molar-refractivity contribution in [2.75, 3.05) is 5.75 Å². The number of halogens is 1. The van der Waals surface area contributed by atoms with Gasteiger partial charge in [-0.2, -0.15) is 11.8 Å². The number of aliphatic carboxylic acids is 1. The van der Waals surface area contributed by atoms with Crippen LogP contribution in [0.4, 0.5) is 0 Å². The van der Waals surface area contributed by atoms with Crippen LogP contribution < -0.4 is 5.73 Å². The lowest BCUT2D eigenvalue weighted by atomic mass is 9.82. The van der Waals surface area contributed by atoms with Crippen molar-refractivity contribution >= 4 is 52.4 Å². The van der Waals surface area contributed by atoms with Gasteiger partial charge in [0.15, 0.2) is 0 Å². The monoisotopic (exact) mass is 714 g/mol. The molecule has 0 bridgehead atoms. The Morgan fingerprint density at radius 1 is 0.960 bits per heavy atom. The molecule has 5 nitrogen and oxygen atoms in total. The maximum Gasteiger partial charge on any atom is 0.303 e. The number of nitrogens with two attached hydrogens (primary N) is 1. The number of hydrogen-bond acceptors (Lipinski definition) is 5. The summed E-state index contributed by atoms with van der Waals surface area (Å²) in [5.41, 5.74) is 11.3. The molecule has 1 fully saturated rings. The highest BCUT2D eigenvalue weighted by molar-refractivity contribution is 7.99. The number of nitrogens with zero attached hydrogens (tertiary/aromatic N) is 1. The molecule has 0 aliphatic heterocycles. The molecule has 1 aliphatic rings. The second-order valence-electron chi connectivity index (χ2n) is 16.4. The summed E-state index contributed by atoms with van der Waals surface area (Å²) >= 11 is 8.04. The largest absolute Gasteiger partial charge is 0.481 e. The van der Waals surface area contributed by atoms with Gasteiger partial charge in [-0.3, -0.25) is 4.79 Å². The first-order valence-electron chi connectivity index (χ1n) is 17.6. The molecule has 0 unspecified atom stereocenters. The van der Waals surface area contributed by atoms with Crippen LogP contribution >= 0.6 is 23.4 Å². The van der Waals surface area contributed by atoms with Crippen molar-refractivity contribution in [2.24, 2.45) is 16.6 Å². The zero-order valence-corrected chi connectivity index (χ0v) is 32.4. The normalized spacial score (nSPS) is 15.1. The quantitative estimate of drug-likeness (QED) is 0.128. The Hall–Kier alpha value is -3.16. The van der Waals surface area contributed by atoms with Gasteiger partial charge in [-0.05, 0) is 117 Å². The average molecular weight is 715 g/mol. The van der Waals surface area contributed by atoms with Gasteiger partial charge in [0.2, 0.25) is 0 Å². The number of aromatic nitrogens is 1. The van der Waals surface area contributed by atoms with Gasteiger partial charge in [-0.1, -0.05) is 99.1 Å². The van der Waals surface area contributed by atoms with Gasteiger partial charge in [0.05, 0.1) is 23.2 Å². The molecule has 50 heavy (non-hydrogen) atoms. The van der Waals surface area contributed by atoms with Crippen LogP contribution in [0.5, 0.6) is 0 Å². The second kappa shape index (κ2) is 16.5. The fourth-order valence-corrected chi connectivity index (χ4v) is 8.46. The van der Waals surface area contributed by atoms with E-state index in [1.807, 2.05) is 74.1 Å². The lowest BCUT2D eigenvalue weighted by Crippen LogP contribution is -2.36. The second-order valence-corrected chi connectivity index (χ2v) is 18.1. The third-order valence-electron chi connectivity index (χ3n) is 8.82. The van der Waals surface area contributed by atoms with Gasteiger partial charge in [0.25, 0.3) is 0 Å². The molecule has 4 N–H and O–H groups in total. The summed E-state index contributed by atoms with van der Waals surface area (Å²) in [6.07, 6.45) is 9.09. The molecular weight excluding hydrogens is 660 g/mol. The zero-order chi connectivity index (χ0) is 36.7. The fourth-order valence-electron chi connectivity index (χ4n) is 6.73. The highest BCUT2D eigenvalue weighted by atomic mass is 35.5. The van der Waals surface area contributed by atoms with Crippen molar-refractivity contribution in [1.82, 2.24) is 4.98 Å². The highest BCUT2D eigenvalue weighted by Crippen LogP contribution is 2.53. The summed E-state index contributed by atoms with van der Waals surface area (Å²) in [7, 11) is 0. The first-order chi connectivity index (χ1) is 23.3. The number of aliphatic hydroxyl groups is 1. The molecule has 4 aromatic rings. The summed E-state index contributed by atoms with van der Waals surface area (Å²) < 4.78 is 0. The Balaban J connectivity index is 0.000000551. The first kappa shape index (κ1) is 39.6. The molecule has 0 radical (unpaired) electrons. The van der Waals surface area contributed by atoms with Gasteiger partial charge < -0.3 is 15.9 Å². The number of thioether (sulfide) groups is 1. The SMILES string of the molecule is CC(C)(C)CC(C)(C)N.CC(C)(O)c1ccccc1CC[C@@H](SCC1(CC(=O)O)CC1)c1cccc(C=Cc2ccc3ccc(Cl)cc3n2)c1. The van der Waals surface area contributed by atoms with E-state index in [-0.39, 0.29) is 22.6 Å².